The molecule has 6 heteroatoms. The zero-order valence-electron chi connectivity index (χ0n) is 13.6. The van der Waals surface area contributed by atoms with Crippen molar-refractivity contribution in [1.29, 1.82) is 0 Å². The van der Waals surface area contributed by atoms with Crippen molar-refractivity contribution in [2.24, 2.45) is 5.10 Å². The Morgan fingerprint density at radius 1 is 0.885 bits per heavy atom. The molecule has 0 amide bonds. The van der Waals surface area contributed by atoms with E-state index >= 15 is 0 Å². The highest BCUT2D eigenvalue weighted by atomic mass is 35.5. The summed E-state index contributed by atoms with van der Waals surface area (Å²) in [4.78, 5) is 0. The van der Waals surface area contributed by atoms with Crippen LogP contribution >= 0.6 is 23.4 Å². The van der Waals surface area contributed by atoms with Crippen LogP contribution in [0.2, 0.25) is 5.02 Å². The summed E-state index contributed by atoms with van der Waals surface area (Å²) in [5, 5.41) is 17.4. The van der Waals surface area contributed by atoms with Gasteiger partial charge in [-0.1, -0.05) is 78.0 Å². The van der Waals surface area contributed by atoms with E-state index in [-0.39, 0.29) is 0 Å². The van der Waals surface area contributed by atoms with Crippen LogP contribution in [0.15, 0.2) is 77.0 Å². The van der Waals surface area contributed by atoms with E-state index < -0.39 is 0 Å². The zero-order valence-corrected chi connectivity index (χ0v) is 15.2. The number of fused-ring (bicyclic) bond motifs is 2. The minimum atomic E-state index is 0.722. The summed E-state index contributed by atoms with van der Waals surface area (Å²) in [6, 6.07) is 22.3. The first kappa shape index (κ1) is 15.6. The molecule has 3 aromatic carbocycles. The number of nitrogens with zero attached hydrogens (tertiary/aromatic N) is 4. The Kier molecular flexibility index (Phi) is 3.76. The van der Waals surface area contributed by atoms with E-state index in [2.05, 4.69) is 34.5 Å². The van der Waals surface area contributed by atoms with E-state index in [4.69, 9.17) is 16.7 Å². The average Bonchev–Trinajstić information content (AvgIpc) is 3.11. The van der Waals surface area contributed by atoms with Crippen LogP contribution < -0.4 is 0 Å². The maximum atomic E-state index is 6.00. The van der Waals surface area contributed by atoms with Crippen molar-refractivity contribution in [3.8, 4) is 11.4 Å². The van der Waals surface area contributed by atoms with Gasteiger partial charge in [-0.25, -0.2) is 0 Å². The first-order valence-electron chi connectivity index (χ1n) is 8.20. The van der Waals surface area contributed by atoms with Crippen LogP contribution in [0.3, 0.4) is 0 Å². The molecule has 0 atom stereocenters. The molecule has 4 nitrogen and oxygen atoms in total. The van der Waals surface area contributed by atoms with Gasteiger partial charge in [0.1, 0.15) is 0 Å². The summed E-state index contributed by atoms with van der Waals surface area (Å²) in [6.45, 7) is 0. The van der Waals surface area contributed by atoms with Crippen molar-refractivity contribution in [1.82, 2.24) is 14.9 Å². The second kappa shape index (κ2) is 6.27. The lowest BCUT2D eigenvalue weighted by atomic mass is 10.0. The summed E-state index contributed by atoms with van der Waals surface area (Å²) in [7, 11) is 0. The number of hydrogen-bond donors (Lipinski definition) is 0. The minimum absolute atomic E-state index is 0.722. The van der Waals surface area contributed by atoms with Gasteiger partial charge in [0.2, 0.25) is 5.16 Å². The molecule has 1 aliphatic rings. The van der Waals surface area contributed by atoms with Gasteiger partial charge in [0.25, 0.3) is 0 Å². The highest BCUT2D eigenvalue weighted by molar-refractivity contribution is 7.99. The molecule has 4 aromatic rings. The van der Waals surface area contributed by atoms with E-state index in [1.165, 1.54) is 5.39 Å². The molecular formula is C20H13ClN4S. The maximum absolute atomic E-state index is 6.00. The Labute approximate surface area is 159 Å². The molecular weight excluding hydrogens is 364 g/mol. The van der Waals surface area contributed by atoms with E-state index in [9.17, 15) is 0 Å². The lowest BCUT2D eigenvalue weighted by Crippen LogP contribution is -2.13. The molecule has 0 spiro atoms. The maximum Gasteiger partial charge on any atom is 0.212 e. The van der Waals surface area contributed by atoms with Gasteiger partial charge in [0.05, 0.1) is 5.71 Å². The highest BCUT2D eigenvalue weighted by Gasteiger charge is 2.21. The Morgan fingerprint density at radius 3 is 2.58 bits per heavy atom. The third-order valence-electron chi connectivity index (χ3n) is 4.38. The van der Waals surface area contributed by atoms with Crippen LogP contribution in [0, 0.1) is 0 Å². The van der Waals surface area contributed by atoms with Crippen molar-refractivity contribution in [2.75, 3.05) is 5.75 Å². The predicted molar refractivity (Wildman–Crippen MR) is 107 cm³/mol. The van der Waals surface area contributed by atoms with Crippen LogP contribution in [0.1, 0.15) is 5.56 Å². The summed E-state index contributed by atoms with van der Waals surface area (Å²) in [5.74, 6) is 1.52. The van der Waals surface area contributed by atoms with Gasteiger partial charge in [0.15, 0.2) is 5.82 Å². The molecule has 1 aliphatic heterocycles. The molecule has 0 aliphatic carbocycles. The van der Waals surface area contributed by atoms with Crippen molar-refractivity contribution in [3.63, 3.8) is 0 Å². The number of thioether (sulfide) groups is 1. The van der Waals surface area contributed by atoms with Gasteiger partial charge in [-0.3, -0.25) is 0 Å². The Hall–Kier alpha value is -2.63. The molecule has 5 rings (SSSR count). The number of aromatic nitrogens is 3. The molecule has 1 aromatic heterocycles. The smallest absolute Gasteiger partial charge is 0.186 e. The highest BCUT2D eigenvalue weighted by Crippen LogP contribution is 2.32. The SMILES string of the molecule is Clc1ccc(C2=Nn3c(nnc3-c3cccc4ccccc34)SC2)cc1. The first-order valence-corrected chi connectivity index (χ1v) is 9.56. The lowest BCUT2D eigenvalue weighted by Gasteiger charge is -2.14. The largest absolute Gasteiger partial charge is 0.212 e. The average molecular weight is 377 g/mol. The van der Waals surface area contributed by atoms with E-state index in [1.54, 1.807) is 11.8 Å². The molecule has 26 heavy (non-hydrogen) atoms. The van der Waals surface area contributed by atoms with Gasteiger partial charge in [0, 0.05) is 16.3 Å². The summed E-state index contributed by atoms with van der Waals surface area (Å²) >= 11 is 7.65. The fourth-order valence-corrected chi connectivity index (χ4v) is 4.06. The second-order valence-corrected chi connectivity index (χ2v) is 7.37. The van der Waals surface area contributed by atoms with Crippen molar-refractivity contribution in [3.05, 3.63) is 77.3 Å². The normalized spacial score (nSPS) is 13.5. The van der Waals surface area contributed by atoms with Crippen molar-refractivity contribution < 1.29 is 0 Å². The topological polar surface area (TPSA) is 43.1 Å². The third-order valence-corrected chi connectivity index (χ3v) is 5.56. The van der Waals surface area contributed by atoms with Crippen LogP contribution in [-0.2, 0) is 0 Å². The van der Waals surface area contributed by atoms with E-state index in [0.29, 0.717) is 0 Å². The monoisotopic (exact) mass is 376 g/mol. The fourth-order valence-electron chi connectivity index (χ4n) is 3.10. The van der Waals surface area contributed by atoms with Gasteiger partial charge in [-0.05, 0) is 28.5 Å². The van der Waals surface area contributed by atoms with Gasteiger partial charge in [-0.2, -0.15) is 9.78 Å². The standard InChI is InChI=1S/C20H13ClN4S/c21-15-10-8-14(9-11-15)18-12-26-20-23-22-19(25(20)24-18)17-7-3-5-13-4-1-2-6-16(13)17/h1-11H,12H2. The molecule has 0 fully saturated rings. The molecule has 126 valence electrons. The van der Waals surface area contributed by atoms with Crippen LogP contribution in [0.25, 0.3) is 22.2 Å². The number of rotatable bonds is 2. The van der Waals surface area contributed by atoms with Crippen molar-refractivity contribution in [2.45, 2.75) is 5.16 Å². The zero-order chi connectivity index (χ0) is 17.5. The Morgan fingerprint density at radius 2 is 1.69 bits per heavy atom. The lowest BCUT2D eigenvalue weighted by molar-refractivity contribution is 0.763. The quantitative estimate of drug-likeness (QED) is 0.488. The molecule has 0 saturated heterocycles. The van der Waals surface area contributed by atoms with Crippen molar-refractivity contribution >= 4 is 39.8 Å². The van der Waals surface area contributed by atoms with E-state index in [0.717, 1.165) is 44.0 Å². The number of benzene rings is 3. The molecule has 0 radical (unpaired) electrons. The first-order chi connectivity index (χ1) is 12.8. The Balaban J connectivity index is 1.67. The predicted octanol–water partition coefficient (Wildman–Crippen LogP) is 5.11. The van der Waals surface area contributed by atoms with Gasteiger partial charge in [-0.15, -0.1) is 10.2 Å². The minimum Gasteiger partial charge on any atom is -0.186 e. The number of halogens is 1. The van der Waals surface area contributed by atoms with Crippen LogP contribution in [0.4, 0.5) is 0 Å². The summed E-state index contributed by atoms with van der Waals surface area (Å²) < 4.78 is 1.85. The van der Waals surface area contributed by atoms with Gasteiger partial charge >= 0.3 is 0 Å². The molecule has 2 heterocycles. The molecule has 0 unspecified atom stereocenters. The van der Waals surface area contributed by atoms with Crippen LogP contribution in [-0.4, -0.2) is 26.3 Å². The molecule has 0 bridgehead atoms. The Bertz CT molecular complexity index is 1140. The summed E-state index contributed by atoms with van der Waals surface area (Å²) in [6.07, 6.45) is 0. The second-order valence-electron chi connectivity index (χ2n) is 5.99. The van der Waals surface area contributed by atoms with Gasteiger partial charge < -0.3 is 0 Å². The third kappa shape index (κ3) is 2.60. The van der Waals surface area contributed by atoms with E-state index in [1.807, 2.05) is 47.1 Å². The summed E-state index contributed by atoms with van der Waals surface area (Å²) in [5.41, 5.74) is 3.08. The molecule has 0 N–H and O–H groups in total. The number of hydrogen-bond acceptors (Lipinski definition) is 4. The van der Waals surface area contributed by atoms with Crippen LogP contribution in [0.5, 0.6) is 0 Å². The fraction of sp³-hybridized carbons (Fsp3) is 0.0500. The molecule has 0 saturated carbocycles.